The van der Waals surface area contributed by atoms with E-state index in [1.165, 1.54) is 4.90 Å². The Morgan fingerprint density at radius 2 is 1.58 bits per heavy atom. The van der Waals surface area contributed by atoms with Gasteiger partial charge in [-0.05, 0) is 66.3 Å². The van der Waals surface area contributed by atoms with Crippen LogP contribution in [0.3, 0.4) is 0 Å². The van der Waals surface area contributed by atoms with E-state index < -0.39 is 17.9 Å². The zero-order valence-electron chi connectivity index (χ0n) is 21.4. The van der Waals surface area contributed by atoms with Crippen LogP contribution in [0.15, 0.2) is 66.7 Å². The molecule has 2 saturated carbocycles. The highest BCUT2D eigenvalue weighted by molar-refractivity contribution is 6.10. The predicted molar refractivity (Wildman–Crippen MR) is 141 cm³/mol. The number of carbonyl (C=O) groups excluding carboxylic acids is 4. The predicted octanol–water partition coefficient (Wildman–Crippen LogP) is 4.25. The quantitative estimate of drug-likeness (QED) is 0.235. The molecule has 0 radical (unpaired) electrons. The van der Waals surface area contributed by atoms with Crippen molar-refractivity contribution in [3.63, 3.8) is 0 Å². The van der Waals surface area contributed by atoms with Gasteiger partial charge in [0, 0.05) is 12.1 Å². The fourth-order valence-corrected chi connectivity index (χ4v) is 6.73. The summed E-state index contributed by atoms with van der Waals surface area (Å²) in [6, 6.07) is 15.0. The number of anilines is 1. The number of likely N-dealkylation sites (tertiary alicyclic amines) is 1. The van der Waals surface area contributed by atoms with Crippen LogP contribution in [-0.2, 0) is 25.5 Å². The van der Waals surface area contributed by atoms with Crippen LogP contribution in [0.2, 0.25) is 0 Å². The van der Waals surface area contributed by atoms with Crippen molar-refractivity contribution in [2.45, 2.75) is 38.6 Å². The maximum atomic E-state index is 13.8. The van der Waals surface area contributed by atoms with E-state index in [1.807, 2.05) is 37.3 Å². The van der Waals surface area contributed by atoms with Gasteiger partial charge >= 0.3 is 5.97 Å². The van der Waals surface area contributed by atoms with E-state index in [9.17, 15) is 19.2 Å². The topological polar surface area (TPSA) is 92.8 Å². The number of nitrogens with zero attached hydrogens (tertiary/aromatic N) is 1. The van der Waals surface area contributed by atoms with Gasteiger partial charge in [-0.3, -0.25) is 19.3 Å². The lowest BCUT2D eigenvalue weighted by molar-refractivity contribution is -0.146. The third kappa shape index (κ3) is 4.24. The van der Waals surface area contributed by atoms with Crippen LogP contribution in [0, 0.1) is 35.5 Å². The molecule has 2 aromatic carbocycles. The molecule has 4 aliphatic carbocycles. The fraction of sp³-hybridized carbons (Fsp3) is 0.419. The number of unbranched alkanes of at least 4 members (excludes halogenated alkanes) is 1. The van der Waals surface area contributed by atoms with Crippen molar-refractivity contribution in [2.24, 2.45) is 35.5 Å². The zero-order valence-corrected chi connectivity index (χ0v) is 21.4. The summed E-state index contributed by atoms with van der Waals surface area (Å²) in [5.41, 5.74) is 1.75. The Labute approximate surface area is 222 Å². The van der Waals surface area contributed by atoms with Crippen molar-refractivity contribution in [1.82, 2.24) is 4.90 Å². The Morgan fingerprint density at radius 3 is 2.18 bits per heavy atom. The summed E-state index contributed by atoms with van der Waals surface area (Å²) in [5.74, 6) is -0.781. The van der Waals surface area contributed by atoms with Gasteiger partial charge in [0.05, 0.1) is 24.0 Å². The van der Waals surface area contributed by atoms with Crippen LogP contribution in [0.5, 0.6) is 0 Å². The van der Waals surface area contributed by atoms with Gasteiger partial charge in [-0.2, -0.15) is 0 Å². The first-order valence-corrected chi connectivity index (χ1v) is 13.6. The fourth-order valence-electron chi connectivity index (χ4n) is 6.73. The van der Waals surface area contributed by atoms with Gasteiger partial charge in [0.15, 0.2) is 0 Å². The van der Waals surface area contributed by atoms with Crippen molar-refractivity contribution < 1.29 is 23.9 Å². The Kier molecular flexibility index (Phi) is 6.38. The van der Waals surface area contributed by atoms with Crippen LogP contribution in [-0.4, -0.2) is 41.2 Å². The molecule has 1 heterocycles. The molecule has 7 atom stereocenters. The second kappa shape index (κ2) is 9.86. The van der Waals surface area contributed by atoms with Crippen LogP contribution in [0.25, 0.3) is 0 Å². The van der Waals surface area contributed by atoms with Crippen LogP contribution >= 0.6 is 0 Å². The van der Waals surface area contributed by atoms with Gasteiger partial charge in [-0.25, -0.2) is 4.79 Å². The number of nitrogens with one attached hydrogen (secondary N) is 1. The highest BCUT2D eigenvalue weighted by atomic mass is 16.5. The molecule has 0 unspecified atom stereocenters. The average molecular weight is 513 g/mol. The highest BCUT2D eigenvalue weighted by Crippen LogP contribution is 2.65. The van der Waals surface area contributed by atoms with Gasteiger partial charge in [0.25, 0.3) is 0 Å². The molecule has 1 N–H and O–H groups in total. The van der Waals surface area contributed by atoms with Crippen molar-refractivity contribution in [2.75, 3.05) is 11.9 Å². The maximum absolute atomic E-state index is 13.8. The Morgan fingerprint density at radius 1 is 0.947 bits per heavy atom. The van der Waals surface area contributed by atoms with E-state index in [1.54, 1.807) is 24.3 Å². The summed E-state index contributed by atoms with van der Waals surface area (Å²) >= 11 is 0. The Balaban J connectivity index is 1.22. The van der Waals surface area contributed by atoms with Gasteiger partial charge in [0.2, 0.25) is 17.7 Å². The molecule has 2 bridgehead atoms. The molecule has 3 amide bonds. The van der Waals surface area contributed by atoms with Crippen molar-refractivity contribution in [3.8, 4) is 0 Å². The highest BCUT2D eigenvalue weighted by Gasteiger charge is 2.67. The summed E-state index contributed by atoms with van der Waals surface area (Å²) in [7, 11) is 0. The van der Waals surface area contributed by atoms with E-state index >= 15 is 0 Å². The number of ether oxygens (including phenoxy) is 1. The van der Waals surface area contributed by atoms with E-state index in [2.05, 4.69) is 17.5 Å². The van der Waals surface area contributed by atoms with E-state index in [0.717, 1.165) is 24.8 Å². The first-order valence-electron chi connectivity index (χ1n) is 13.6. The lowest BCUT2D eigenvalue weighted by atomic mass is 9.63. The van der Waals surface area contributed by atoms with Gasteiger partial charge in [-0.15, -0.1) is 0 Å². The molecule has 1 saturated heterocycles. The molecular formula is C31H32N2O5. The average Bonchev–Trinajstić information content (AvgIpc) is 3.72. The Bertz CT molecular complexity index is 1250. The molecule has 1 aliphatic heterocycles. The van der Waals surface area contributed by atoms with Crippen LogP contribution < -0.4 is 5.32 Å². The molecule has 38 heavy (non-hydrogen) atoms. The van der Waals surface area contributed by atoms with Crippen molar-refractivity contribution in [1.29, 1.82) is 0 Å². The standard InChI is InChI=1S/C31H32N2O5/c1-2-3-15-38-31(37)19-9-11-20(12-10-19)32-28(34)25(16-18-7-5-4-6-8-18)33-29(35)26-21-13-14-22(24-17-23(21)24)27(26)30(33)36/h4-14,21-27H,2-3,15-17H2,1H3,(H,32,34)/t21-,22-,23-,24-,25+,26-,27+/m1/s1. The molecule has 7 heteroatoms. The number of benzene rings is 2. The summed E-state index contributed by atoms with van der Waals surface area (Å²) < 4.78 is 5.25. The maximum Gasteiger partial charge on any atom is 0.338 e. The monoisotopic (exact) mass is 512 g/mol. The molecule has 3 fully saturated rings. The summed E-state index contributed by atoms with van der Waals surface area (Å²) in [6.45, 7) is 2.39. The number of imide groups is 1. The number of hydrogen-bond donors (Lipinski definition) is 1. The number of allylic oxidation sites excluding steroid dienone is 2. The number of esters is 1. The van der Waals surface area contributed by atoms with Crippen LogP contribution in [0.1, 0.15) is 42.1 Å². The molecular weight excluding hydrogens is 480 g/mol. The third-order valence-corrected chi connectivity index (χ3v) is 8.70. The molecule has 196 valence electrons. The van der Waals surface area contributed by atoms with Crippen LogP contribution in [0.4, 0.5) is 5.69 Å². The number of amides is 3. The molecule has 7 nitrogen and oxygen atoms in total. The zero-order chi connectivity index (χ0) is 26.4. The van der Waals surface area contributed by atoms with Crippen molar-refractivity contribution in [3.05, 3.63) is 77.9 Å². The SMILES string of the molecule is CCCCOC(=O)c1ccc(NC(=O)[C@H](Cc2ccccc2)N2C(=O)[C@@H]3[C@@H]4C=C[C@H]([C@H]5C[C@H]45)[C@@H]3C2=O)cc1. The normalized spacial score (nSPS) is 29.0. The van der Waals surface area contributed by atoms with E-state index in [-0.39, 0.29) is 41.9 Å². The molecule has 7 rings (SSSR count). The van der Waals surface area contributed by atoms with Gasteiger partial charge in [-0.1, -0.05) is 55.8 Å². The minimum absolute atomic E-state index is 0.0986. The number of rotatable bonds is 9. The lowest BCUT2D eigenvalue weighted by Gasteiger charge is -2.37. The van der Waals surface area contributed by atoms with Gasteiger partial charge < -0.3 is 10.1 Å². The molecule has 5 aliphatic rings. The largest absolute Gasteiger partial charge is 0.462 e. The second-order valence-corrected chi connectivity index (χ2v) is 11.0. The lowest BCUT2D eigenvalue weighted by Crippen LogP contribution is -2.49. The molecule has 2 aromatic rings. The number of carbonyl (C=O) groups is 4. The minimum Gasteiger partial charge on any atom is -0.462 e. The summed E-state index contributed by atoms with van der Waals surface area (Å²) in [6.07, 6.45) is 7.33. The molecule has 0 spiro atoms. The third-order valence-electron chi connectivity index (χ3n) is 8.70. The van der Waals surface area contributed by atoms with Gasteiger partial charge in [0.1, 0.15) is 6.04 Å². The number of hydrogen-bond acceptors (Lipinski definition) is 5. The smallest absolute Gasteiger partial charge is 0.338 e. The van der Waals surface area contributed by atoms with E-state index in [4.69, 9.17) is 4.74 Å². The van der Waals surface area contributed by atoms with E-state index in [0.29, 0.717) is 29.7 Å². The molecule has 0 aromatic heterocycles. The Hall–Kier alpha value is -3.74. The minimum atomic E-state index is -0.961. The second-order valence-electron chi connectivity index (χ2n) is 11.0. The summed E-state index contributed by atoms with van der Waals surface area (Å²) in [4.78, 5) is 54.7. The first kappa shape index (κ1) is 24.6. The van der Waals surface area contributed by atoms with Crippen molar-refractivity contribution >= 4 is 29.4 Å². The first-order chi connectivity index (χ1) is 18.5. The summed E-state index contributed by atoms with van der Waals surface area (Å²) in [5, 5.41) is 2.88.